The first kappa shape index (κ1) is 22.4. The van der Waals surface area contributed by atoms with Crippen molar-refractivity contribution >= 4 is 30.0 Å². The van der Waals surface area contributed by atoms with Crippen molar-refractivity contribution in [3.05, 3.63) is 35.9 Å². The summed E-state index contributed by atoms with van der Waals surface area (Å²) in [4.78, 5) is 60.8. The molecule has 0 unspecified atom stereocenters. The summed E-state index contributed by atoms with van der Waals surface area (Å²) in [5.74, 6) is -2.54. The molecule has 3 atom stereocenters. The molecule has 3 amide bonds. The van der Waals surface area contributed by atoms with Gasteiger partial charge in [-0.3, -0.25) is 24.2 Å². The van der Waals surface area contributed by atoms with Gasteiger partial charge in [0.25, 0.3) is 11.8 Å². The standard InChI is InChI=1S/C21H26N4O6/c26-13-15(12-18(27)28)22-20(30)17-9-5-11-24-10-4-8-16(21(31)25(17)24)23-19(29)14-6-2-1-3-7-14/h1-3,6-7,13,15-17H,4-5,8-12H2,(H,22,30)(H,23,29)(H,27,28)/t15-,16+,17-/m0/s1. The molecule has 2 aliphatic heterocycles. The Balaban J connectivity index is 1.75. The molecule has 166 valence electrons. The van der Waals surface area contributed by atoms with Crippen LogP contribution in [0.5, 0.6) is 0 Å². The van der Waals surface area contributed by atoms with Gasteiger partial charge in [0.15, 0.2) is 0 Å². The number of benzene rings is 1. The van der Waals surface area contributed by atoms with Crippen molar-refractivity contribution in [2.24, 2.45) is 0 Å². The van der Waals surface area contributed by atoms with Crippen LogP contribution < -0.4 is 10.6 Å². The predicted octanol–water partition coefficient (Wildman–Crippen LogP) is -0.0548. The molecule has 3 N–H and O–H groups in total. The molecule has 0 aliphatic carbocycles. The summed E-state index contributed by atoms with van der Waals surface area (Å²) in [7, 11) is 0. The quantitative estimate of drug-likeness (QED) is 0.516. The Morgan fingerprint density at radius 1 is 1.13 bits per heavy atom. The van der Waals surface area contributed by atoms with Gasteiger partial charge in [0.05, 0.1) is 12.5 Å². The normalized spacial score (nSPS) is 22.6. The van der Waals surface area contributed by atoms with Crippen molar-refractivity contribution in [3.8, 4) is 0 Å². The van der Waals surface area contributed by atoms with Gasteiger partial charge in [0, 0.05) is 18.7 Å². The van der Waals surface area contributed by atoms with Gasteiger partial charge in [-0.25, -0.2) is 5.01 Å². The third-order valence-corrected chi connectivity index (χ3v) is 5.46. The van der Waals surface area contributed by atoms with E-state index in [9.17, 15) is 24.0 Å². The van der Waals surface area contributed by atoms with Crippen molar-refractivity contribution in [3.63, 3.8) is 0 Å². The van der Waals surface area contributed by atoms with Gasteiger partial charge in [-0.05, 0) is 37.8 Å². The van der Waals surface area contributed by atoms with Crippen LogP contribution in [0.2, 0.25) is 0 Å². The minimum Gasteiger partial charge on any atom is -0.481 e. The summed E-state index contributed by atoms with van der Waals surface area (Å²) in [6.45, 7) is 1.15. The van der Waals surface area contributed by atoms with Gasteiger partial charge in [-0.15, -0.1) is 0 Å². The van der Waals surface area contributed by atoms with E-state index in [1.165, 1.54) is 5.01 Å². The second-order valence-corrected chi connectivity index (χ2v) is 7.68. The number of nitrogens with one attached hydrogen (secondary N) is 2. The van der Waals surface area contributed by atoms with E-state index in [1.54, 1.807) is 35.3 Å². The molecule has 2 saturated heterocycles. The minimum atomic E-state index is -1.21. The number of nitrogens with zero attached hydrogens (tertiary/aromatic N) is 2. The molecule has 3 rings (SSSR count). The minimum absolute atomic E-state index is 0.368. The predicted molar refractivity (Wildman–Crippen MR) is 109 cm³/mol. The maximum absolute atomic E-state index is 13.3. The van der Waals surface area contributed by atoms with E-state index in [2.05, 4.69) is 10.6 Å². The molecule has 2 heterocycles. The van der Waals surface area contributed by atoms with Gasteiger partial charge in [-0.1, -0.05) is 18.2 Å². The van der Waals surface area contributed by atoms with Crippen LogP contribution in [0.1, 0.15) is 42.5 Å². The number of carbonyl (C=O) groups is 5. The molecule has 0 radical (unpaired) electrons. The van der Waals surface area contributed by atoms with E-state index >= 15 is 0 Å². The highest BCUT2D eigenvalue weighted by molar-refractivity contribution is 5.98. The van der Waals surface area contributed by atoms with Crippen molar-refractivity contribution in [1.29, 1.82) is 0 Å². The van der Waals surface area contributed by atoms with Crippen LogP contribution in [0.3, 0.4) is 0 Å². The number of hydrogen-bond donors (Lipinski definition) is 3. The summed E-state index contributed by atoms with van der Waals surface area (Å²) < 4.78 is 0. The van der Waals surface area contributed by atoms with Crippen LogP contribution in [0.15, 0.2) is 30.3 Å². The molecule has 0 saturated carbocycles. The van der Waals surface area contributed by atoms with E-state index in [-0.39, 0.29) is 11.8 Å². The maximum atomic E-state index is 13.3. The fourth-order valence-corrected chi connectivity index (χ4v) is 3.98. The van der Waals surface area contributed by atoms with Crippen LogP contribution in [-0.2, 0) is 19.2 Å². The zero-order chi connectivity index (χ0) is 22.4. The van der Waals surface area contributed by atoms with Crippen LogP contribution in [-0.4, -0.2) is 76.3 Å². The summed E-state index contributed by atoms with van der Waals surface area (Å²) >= 11 is 0. The average Bonchev–Trinajstić information content (AvgIpc) is 2.92. The molecule has 0 spiro atoms. The lowest BCUT2D eigenvalue weighted by molar-refractivity contribution is -0.167. The third kappa shape index (κ3) is 5.46. The first-order chi connectivity index (χ1) is 14.9. The highest BCUT2D eigenvalue weighted by Crippen LogP contribution is 2.24. The first-order valence-corrected chi connectivity index (χ1v) is 10.3. The number of carbonyl (C=O) groups excluding carboxylic acids is 4. The lowest BCUT2D eigenvalue weighted by Crippen LogP contribution is -2.63. The monoisotopic (exact) mass is 430 g/mol. The molecular weight excluding hydrogens is 404 g/mol. The Kier molecular flexibility index (Phi) is 7.35. The van der Waals surface area contributed by atoms with Gasteiger partial charge in [0.1, 0.15) is 18.4 Å². The van der Waals surface area contributed by atoms with Crippen molar-refractivity contribution in [2.75, 3.05) is 13.1 Å². The van der Waals surface area contributed by atoms with Gasteiger partial charge in [0.2, 0.25) is 5.91 Å². The van der Waals surface area contributed by atoms with Crippen LogP contribution in [0.25, 0.3) is 0 Å². The molecule has 2 fully saturated rings. The molecular formula is C21H26N4O6. The van der Waals surface area contributed by atoms with Crippen LogP contribution in [0.4, 0.5) is 0 Å². The van der Waals surface area contributed by atoms with Gasteiger partial charge >= 0.3 is 5.97 Å². The Labute approximate surface area is 179 Å². The van der Waals surface area contributed by atoms with Crippen molar-refractivity contribution in [1.82, 2.24) is 20.7 Å². The lowest BCUT2D eigenvalue weighted by atomic mass is 10.0. The molecule has 10 nitrogen and oxygen atoms in total. The van der Waals surface area contributed by atoms with Gasteiger partial charge in [-0.2, -0.15) is 0 Å². The number of aldehydes is 1. The van der Waals surface area contributed by atoms with E-state index in [0.29, 0.717) is 50.6 Å². The molecule has 2 aliphatic rings. The Morgan fingerprint density at radius 3 is 2.45 bits per heavy atom. The topological polar surface area (TPSA) is 136 Å². The Hall–Kier alpha value is -3.27. The number of aliphatic carboxylic acids is 1. The summed E-state index contributed by atoms with van der Waals surface area (Å²) in [5.41, 5.74) is 0.437. The smallest absolute Gasteiger partial charge is 0.305 e. The summed E-state index contributed by atoms with van der Waals surface area (Å²) in [6, 6.07) is 5.74. The van der Waals surface area contributed by atoms with Gasteiger partial charge < -0.3 is 20.5 Å². The third-order valence-electron chi connectivity index (χ3n) is 5.46. The van der Waals surface area contributed by atoms with Crippen LogP contribution >= 0.6 is 0 Å². The number of fused-ring (bicyclic) bond motifs is 1. The summed E-state index contributed by atoms with van der Waals surface area (Å²) in [5, 5.41) is 17.3. The number of amides is 3. The zero-order valence-corrected chi connectivity index (χ0v) is 17.0. The largest absolute Gasteiger partial charge is 0.481 e. The molecule has 0 bridgehead atoms. The number of rotatable bonds is 7. The van der Waals surface area contributed by atoms with E-state index in [0.717, 1.165) is 0 Å². The molecule has 31 heavy (non-hydrogen) atoms. The SMILES string of the molecule is O=C[C@H](CC(=O)O)NC(=O)[C@@H]1CCCN2CCC[C@@H](NC(=O)c3ccccc3)C(=O)N12. The molecule has 10 heteroatoms. The fraction of sp³-hybridized carbons (Fsp3) is 0.476. The fourth-order valence-electron chi connectivity index (χ4n) is 3.98. The maximum Gasteiger partial charge on any atom is 0.305 e. The van der Waals surface area contributed by atoms with E-state index in [1.807, 2.05) is 0 Å². The highest BCUT2D eigenvalue weighted by Gasteiger charge is 2.42. The molecule has 1 aromatic carbocycles. The summed E-state index contributed by atoms with van der Waals surface area (Å²) in [6.07, 6.45) is 2.00. The molecule has 0 aromatic heterocycles. The molecule has 1 aromatic rings. The Bertz CT molecular complexity index is 846. The first-order valence-electron chi connectivity index (χ1n) is 10.3. The average molecular weight is 430 g/mol. The Morgan fingerprint density at radius 2 is 1.81 bits per heavy atom. The lowest BCUT2D eigenvalue weighted by Gasteiger charge is -2.43. The van der Waals surface area contributed by atoms with Crippen molar-refractivity contribution in [2.45, 2.75) is 50.2 Å². The number of hydrazine groups is 1. The number of carboxylic acids is 1. The van der Waals surface area contributed by atoms with E-state index in [4.69, 9.17) is 5.11 Å². The second kappa shape index (κ2) is 10.2. The number of carboxylic acid groups (broad SMARTS) is 1. The van der Waals surface area contributed by atoms with E-state index < -0.39 is 36.4 Å². The van der Waals surface area contributed by atoms with Crippen molar-refractivity contribution < 1.29 is 29.1 Å². The second-order valence-electron chi connectivity index (χ2n) is 7.68. The van der Waals surface area contributed by atoms with Crippen LogP contribution in [0, 0.1) is 0 Å². The number of hydrogen-bond acceptors (Lipinski definition) is 6. The zero-order valence-electron chi connectivity index (χ0n) is 17.0. The highest BCUT2D eigenvalue weighted by atomic mass is 16.4.